The van der Waals surface area contributed by atoms with Crippen molar-refractivity contribution in [2.45, 2.75) is 10.6 Å². The van der Waals surface area contributed by atoms with Gasteiger partial charge in [0.1, 0.15) is 10.7 Å². The first-order valence-electron chi connectivity index (χ1n) is 6.63. The van der Waals surface area contributed by atoms with Crippen molar-refractivity contribution in [1.82, 2.24) is 0 Å². The first kappa shape index (κ1) is 16.4. The van der Waals surface area contributed by atoms with Crippen molar-refractivity contribution in [3.05, 3.63) is 64.0 Å². The average Bonchev–Trinajstić information content (AvgIpc) is 2.53. The summed E-state index contributed by atoms with van der Waals surface area (Å²) in [6, 6.07) is 9.34. The summed E-state index contributed by atoms with van der Waals surface area (Å²) < 4.78 is 41.0. The predicted molar refractivity (Wildman–Crippen MR) is 89.0 cm³/mol. The number of nitrogens with zero attached hydrogens (tertiary/aromatic N) is 2. The quantitative estimate of drug-likeness (QED) is 0.660. The Hall–Kier alpha value is -2.46. The number of sulfonamides is 1. The molecule has 24 heavy (non-hydrogen) atoms. The van der Waals surface area contributed by atoms with Crippen LogP contribution in [-0.2, 0) is 15.8 Å². The fourth-order valence-corrected chi connectivity index (χ4v) is 4.24. The molecule has 0 spiro atoms. The van der Waals surface area contributed by atoms with Crippen LogP contribution < -0.4 is 5.32 Å². The van der Waals surface area contributed by atoms with Gasteiger partial charge in [-0.2, -0.15) is 8.42 Å². The standard InChI is InChI=1S/C14H10FN3O4S2/c15-10-3-6-12-13(7-10)24(21,22)17-14(16-12)23-8-9-1-4-11(5-2-9)18(19)20/h1-7H,8H2,(H,16,17). The molecule has 0 radical (unpaired) electrons. The normalized spacial score (nSPS) is 15.1. The van der Waals surface area contributed by atoms with Gasteiger partial charge in [-0.05, 0) is 23.8 Å². The number of nitro groups is 1. The van der Waals surface area contributed by atoms with Crippen molar-refractivity contribution in [1.29, 1.82) is 0 Å². The lowest BCUT2D eigenvalue weighted by atomic mass is 10.2. The number of benzene rings is 2. The summed E-state index contributed by atoms with van der Waals surface area (Å²) in [5.41, 5.74) is 1.02. The van der Waals surface area contributed by atoms with Crippen molar-refractivity contribution in [2.75, 3.05) is 5.32 Å². The molecule has 0 fully saturated rings. The maximum atomic E-state index is 13.2. The number of hydrogen-bond donors (Lipinski definition) is 1. The smallest absolute Gasteiger partial charge is 0.286 e. The summed E-state index contributed by atoms with van der Waals surface area (Å²) in [5.74, 6) is -0.285. The Bertz CT molecular complexity index is 943. The third kappa shape index (κ3) is 3.39. The highest BCUT2D eigenvalue weighted by Gasteiger charge is 2.25. The molecule has 2 aromatic rings. The van der Waals surface area contributed by atoms with Gasteiger partial charge in [0.25, 0.3) is 15.7 Å². The van der Waals surface area contributed by atoms with Crippen molar-refractivity contribution in [3.8, 4) is 0 Å². The number of hydrogen-bond acceptors (Lipinski definition) is 6. The minimum absolute atomic E-state index is 0.0181. The zero-order valence-electron chi connectivity index (χ0n) is 12.0. The summed E-state index contributed by atoms with van der Waals surface area (Å²) >= 11 is 1.13. The molecule has 1 aliphatic rings. The number of halogens is 1. The Morgan fingerprint density at radius 1 is 1.21 bits per heavy atom. The second-order valence-corrected chi connectivity index (χ2v) is 7.39. The molecular weight excluding hydrogens is 357 g/mol. The molecular formula is C14H10FN3O4S2. The van der Waals surface area contributed by atoms with Crippen LogP contribution in [0.4, 0.5) is 15.8 Å². The number of anilines is 1. The summed E-state index contributed by atoms with van der Waals surface area (Å²) in [5, 5.41) is 13.6. The fourth-order valence-electron chi connectivity index (χ4n) is 2.04. The van der Waals surface area contributed by atoms with Crippen LogP contribution in [0.15, 0.2) is 51.8 Å². The van der Waals surface area contributed by atoms with E-state index in [1.807, 2.05) is 0 Å². The molecule has 0 saturated heterocycles. The monoisotopic (exact) mass is 367 g/mol. The SMILES string of the molecule is O=[N+]([O-])c1ccc(CSC2=NS(=O)(=O)c3cc(F)ccc3N2)cc1. The molecule has 1 heterocycles. The van der Waals surface area contributed by atoms with E-state index in [1.54, 1.807) is 12.1 Å². The fraction of sp³-hybridized carbons (Fsp3) is 0.0714. The van der Waals surface area contributed by atoms with E-state index in [2.05, 4.69) is 9.71 Å². The lowest BCUT2D eigenvalue weighted by molar-refractivity contribution is -0.384. The first-order valence-corrected chi connectivity index (χ1v) is 9.05. The van der Waals surface area contributed by atoms with E-state index in [1.165, 1.54) is 18.2 Å². The van der Waals surface area contributed by atoms with Gasteiger partial charge in [0.15, 0.2) is 5.17 Å². The molecule has 1 aliphatic heterocycles. The molecule has 0 aliphatic carbocycles. The van der Waals surface area contributed by atoms with Crippen molar-refractivity contribution in [2.24, 2.45) is 4.40 Å². The maximum absolute atomic E-state index is 13.2. The van der Waals surface area contributed by atoms with Crippen molar-refractivity contribution >= 4 is 38.3 Å². The zero-order chi connectivity index (χ0) is 17.3. The van der Waals surface area contributed by atoms with E-state index in [4.69, 9.17) is 0 Å². The number of fused-ring (bicyclic) bond motifs is 1. The Kier molecular flexibility index (Phi) is 4.24. The lowest BCUT2D eigenvalue weighted by Crippen LogP contribution is -2.19. The molecule has 0 aromatic heterocycles. The predicted octanol–water partition coefficient (Wildman–Crippen LogP) is 3.14. The van der Waals surface area contributed by atoms with Crippen LogP contribution >= 0.6 is 11.8 Å². The highest BCUT2D eigenvalue weighted by Crippen LogP contribution is 2.31. The van der Waals surface area contributed by atoms with Crippen LogP contribution in [0, 0.1) is 15.9 Å². The van der Waals surface area contributed by atoms with Crippen LogP contribution in [0.25, 0.3) is 0 Å². The highest BCUT2D eigenvalue weighted by atomic mass is 32.2. The van der Waals surface area contributed by atoms with Crippen LogP contribution in [0.3, 0.4) is 0 Å². The Labute approximate surface area is 140 Å². The van der Waals surface area contributed by atoms with Crippen LogP contribution in [0.5, 0.6) is 0 Å². The first-order chi connectivity index (χ1) is 11.3. The molecule has 2 aromatic carbocycles. The van der Waals surface area contributed by atoms with Gasteiger partial charge in [0, 0.05) is 17.9 Å². The van der Waals surface area contributed by atoms with E-state index >= 15 is 0 Å². The second kappa shape index (κ2) is 6.21. The molecule has 0 unspecified atom stereocenters. The molecule has 3 rings (SSSR count). The van der Waals surface area contributed by atoms with Gasteiger partial charge in [-0.1, -0.05) is 23.9 Å². The van der Waals surface area contributed by atoms with Crippen LogP contribution in [0.1, 0.15) is 5.56 Å². The number of non-ortho nitro benzene ring substituents is 1. The van der Waals surface area contributed by atoms with E-state index in [-0.39, 0.29) is 21.4 Å². The number of amidine groups is 1. The van der Waals surface area contributed by atoms with Crippen molar-refractivity contribution in [3.63, 3.8) is 0 Å². The van der Waals surface area contributed by atoms with Crippen molar-refractivity contribution < 1.29 is 17.7 Å². The van der Waals surface area contributed by atoms with Gasteiger partial charge in [-0.25, -0.2) is 4.39 Å². The summed E-state index contributed by atoms with van der Waals surface area (Å²) in [7, 11) is -3.96. The minimum Gasteiger partial charge on any atom is -0.333 e. The molecule has 0 saturated carbocycles. The molecule has 0 atom stereocenters. The van der Waals surface area contributed by atoms with Crippen LogP contribution in [-0.4, -0.2) is 18.5 Å². The largest absolute Gasteiger partial charge is 0.333 e. The second-order valence-electron chi connectivity index (χ2n) is 4.85. The lowest BCUT2D eigenvalue weighted by Gasteiger charge is -2.17. The average molecular weight is 367 g/mol. The molecule has 124 valence electrons. The van der Waals surface area contributed by atoms with Gasteiger partial charge in [0.2, 0.25) is 0 Å². The third-order valence-corrected chi connectivity index (χ3v) is 5.57. The molecule has 1 N–H and O–H groups in total. The molecule has 10 heteroatoms. The Morgan fingerprint density at radius 2 is 1.92 bits per heavy atom. The van der Waals surface area contributed by atoms with Gasteiger partial charge >= 0.3 is 0 Å². The molecule has 0 amide bonds. The van der Waals surface area contributed by atoms with Gasteiger partial charge in [0.05, 0.1) is 10.6 Å². The molecule has 0 bridgehead atoms. The van der Waals surface area contributed by atoms with E-state index < -0.39 is 20.8 Å². The van der Waals surface area contributed by atoms with Crippen LogP contribution in [0.2, 0.25) is 0 Å². The topological polar surface area (TPSA) is 102 Å². The zero-order valence-corrected chi connectivity index (χ0v) is 13.6. The summed E-state index contributed by atoms with van der Waals surface area (Å²) in [6.45, 7) is 0. The summed E-state index contributed by atoms with van der Waals surface area (Å²) in [6.07, 6.45) is 0. The number of thioether (sulfide) groups is 1. The number of nitro benzene ring substituents is 1. The van der Waals surface area contributed by atoms with E-state index in [0.29, 0.717) is 5.75 Å². The van der Waals surface area contributed by atoms with Gasteiger partial charge in [-0.15, -0.1) is 4.40 Å². The minimum atomic E-state index is -3.96. The van der Waals surface area contributed by atoms with E-state index in [9.17, 15) is 22.9 Å². The number of nitrogens with one attached hydrogen (secondary N) is 1. The van der Waals surface area contributed by atoms with E-state index in [0.717, 1.165) is 29.5 Å². The highest BCUT2D eigenvalue weighted by molar-refractivity contribution is 8.14. The Morgan fingerprint density at radius 3 is 2.58 bits per heavy atom. The number of rotatable bonds is 3. The third-order valence-electron chi connectivity index (χ3n) is 3.19. The summed E-state index contributed by atoms with van der Waals surface area (Å²) in [4.78, 5) is 9.91. The molecule has 7 nitrogen and oxygen atoms in total. The maximum Gasteiger partial charge on any atom is 0.286 e. The van der Waals surface area contributed by atoms with Gasteiger partial charge in [-0.3, -0.25) is 10.1 Å². The van der Waals surface area contributed by atoms with Gasteiger partial charge < -0.3 is 5.32 Å². The Balaban J connectivity index is 1.76.